The zero-order valence-electron chi connectivity index (χ0n) is 8.55. The van der Waals surface area contributed by atoms with Gasteiger partial charge < -0.3 is 5.32 Å². The molecule has 0 aromatic carbocycles. The van der Waals surface area contributed by atoms with Gasteiger partial charge in [0, 0.05) is 11.1 Å². The summed E-state index contributed by atoms with van der Waals surface area (Å²) in [5.74, 6) is 0. The van der Waals surface area contributed by atoms with Gasteiger partial charge in [-0.2, -0.15) is 0 Å². The van der Waals surface area contributed by atoms with Crippen molar-refractivity contribution < 1.29 is 0 Å². The molecule has 0 amide bonds. The van der Waals surface area contributed by atoms with Crippen LogP contribution in [0.15, 0.2) is 11.0 Å². The normalized spacial score (nSPS) is 21.1. The number of hydrogen-bond donors (Lipinski definition) is 1. The Hall–Kier alpha value is -0.670. The van der Waals surface area contributed by atoms with E-state index in [-0.39, 0.29) is 0 Å². The first kappa shape index (κ1) is 9.87. The van der Waals surface area contributed by atoms with Crippen molar-refractivity contribution in [3.8, 4) is 0 Å². The highest BCUT2D eigenvalue weighted by Crippen LogP contribution is 2.18. The second-order valence-corrected chi connectivity index (χ2v) is 4.62. The highest BCUT2D eigenvalue weighted by Gasteiger charge is 2.04. The number of aryl methyl sites for hydroxylation is 1. The highest BCUT2D eigenvalue weighted by molar-refractivity contribution is 7.10. The lowest BCUT2D eigenvalue weighted by atomic mass is 10.1. The summed E-state index contributed by atoms with van der Waals surface area (Å²) in [6.07, 6.45) is 5.94. The fraction of sp³-hybridized carbons (Fsp3) is 0.545. The van der Waals surface area contributed by atoms with Crippen molar-refractivity contribution in [3.63, 3.8) is 0 Å². The van der Waals surface area contributed by atoms with E-state index in [1.807, 2.05) is 6.92 Å². The van der Waals surface area contributed by atoms with Gasteiger partial charge in [0.15, 0.2) is 0 Å². The van der Waals surface area contributed by atoms with Crippen molar-refractivity contribution >= 4 is 17.4 Å². The van der Waals surface area contributed by atoms with Crippen LogP contribution in [0.3, 0.4) is 0 Å². The Labute approximate surface area is 89.1 Å². The van der Waals surface area contributed by atoms with Crippen LogP contribution in [0.25, 0.3) is 6.08 Å². The van der Waals surface area contributed by atoms with Crippen molar-refractivity contribution in [2.45, 2.75) is 26.2 Å². The van der Waals surface area contributed by atoms with Crippen LogP contribution in [0.1, 0.15) is 30.0 Å². The van der Waals surface area contributed by atoms with Gasteiger partial charge in [0.1, 0.15) is 5.01 Å². The molecule has 2 rings (SSSR count). The molecule has 1 aliphatic rings. The molecular weight excluding hydrogens is 192 g/mol. The maximum absolute atomic E-state index is 4.46. The monoisotopic (exact) mass is 208 g/mol. The Bertz CT molecular complexity index is 318. The van der Waals surface area contributed by atoms with Crippen LogP contribution >= 0.6 is 11.3 Å². The number of aromatic nitrogens is 1. The van der Waals surface area contributed by atoms with Crippen molar-refractivity contribution in [1.29, 1.82) is 0 Å². The van der Waals surface area contributed by atoms with Crippen LogP contribution in [-0.4, -0.2) is 18.1 Å². The summed E-state index contributed by atoms with van der Waals surface area (Å²) in [6.45, 7) is 4.33. The first-order valence-electron chi connectivity index (χ1n) is 5.17. The molecule has 0 aliphatic carbocycles. The number of hydrogen-bond acceptors (Lipinski definition) is 3. The van der Waals surface area contributed by atoms with E-state index in [2.05, 4.69) is 21.8 Å². The van der Waals surface area contributed by atoms with Crippen LogP contribution in [0.2, 0.25) is 0 Å². The third kappa shape index (κ3) is 2.66. The second-order valence-electron chi connectivity index (χ2n) is 3.73. The summed E-state index contributed by atoms with van der Waals surface area (Å²) < 4.78 is 0. The van der Waals surface area contributed by atoms with E-state index in [4.69, 9.17) is 0 Å². The molecule has 2 heterocycles. The summed E-state index contributed by atoms with van der Waals surface area (Å²) in [5, 5.41) is 6.69. The summed E-state index contributed by atoms with van der Waals surface area (Å²) in [6, 6.07) is 0. The number of nitrogens with zero attached hydrogens (tertiary/aromatic N) is 1. The van der Waals surface area contributed by atoms with Gasteiger partial charge in [-0.15, -0.1) is 11.3 Å². The van der Waals surface area contributed by atoms with Gasteiger partial charge in [-0.3, -0.25) is 0 Å². The van der Waals surface area contributed by atoms with Crippen LogP contribution in [0, 0.1) is 6.92 Å². The Morgan fingerprint density at radius 2 is 2.36 bits per heavy atom. The van der Waals surface area contributed by atoms with Gasteiger partial charge in [-0.05, 0) is 45.4 Å². The molecule has 0 unspecified atom stereocenters. The first-order chi connectivity index (χ1) is 6.84. The van der Waals surface area contributed by atoms with Crippen LogP contribution in [0.5, 0.6) is 0 Å². The van der Waals surface area contributed by atoms with Crippen LogP contribution < -0.4 is 5.32 Å². The van der Waals surface area contributed by atoms with Crippen LogP contribution in [0.4, 0.5) is 0 Å². The molecule has 0 saturated carbocycles. The fourth-order valence-electron chi connectivity index (χ4n) is 1.70. The average Bonchev–Trinajstić information content (AvgIpc) is 2.43. The average molecular weight is 208 g/mol. The molecule has 76 valence electrons. The van der Waals surface area contributed by atoms with E-state index in [1.54, 1.807) is 16.9 Å². The molecule has 14 heavy (non-hydrogen) atoms. The maximum Gasteiger partial charge on any atom is 0.116 e. The van der Waals surface area contributed by atoms with Gasteiger partial charge in [0.05, 0.1) is 0 Å². The van der Waals surface area contributed by atoms with E-state index in [9.17, 15) is 0 Å². The Morgan fingerprint density at radius 3 is 3.14 bits per heavy atom. The lowest BCUT2D eigenvalue weighted by molar-refractivity contribution is 0.703. The minimum absolute atomic E-state index is 1.12. The van der Waals surface area contributed by atoms with E-state index < -0.39 is 0 Å². The Balaban J connectivity index is 2.08. The van der Waals surface area contributed by atoms with E-state index in [1.165, 1.54) is 24.3 Å². The van der Waals surface area contributed by atoms with Crippen LogP contribution in [-0.2, 0) is 0 Å². The molecule has 1 aromatic rings. The second kappa shape index (κ2) is 4.71. The molecule has 0 bridgehead atoms. The Kier molecular flexibility index (Phi) is 3.32. The summed E-state index contributed by atoms with van der Waals surface area (Å²) >= 11 is 1.74. The molecule has 0 spiro atoms. The lowest BCUT2D eigenvalue weighted by Crippen LogP contribution is -2.13. The topological polar surface area (TPSA) is 24.9 Å². The van der Waals surface area contributed by atoms with Crippen molar-refractivity contribution in [1.82, 2.24) is 10.3 Å². The molecule has 0 radical (unpaired) electrons. The lowest BCUT2D eigenvalue weighted by Gasteiger charge is -1.99. The molecule has 0 atom stereocenters. The van der Waals surface area contributed by atoms with E-state index in [0.717, 1.165) is 18.8 Å². The standard InChI is InChI=1S/C11H16N2S/c1-9-8-14-11(13-9)7-10-3-2-5-12-6-4-10/h7-8,12H,2-6H2,1H3/b10-7-. The van der Waals surface area contributed by atoms with Gasteiger partial charge >= 0.3 is 0 Å². The number of rotatable bonds is 1. The van der Waals surface area contributed by atoms with E-state index >= 15 is 0 Å². The summed E-state index contributed by atoms with van der Waals surface area (Å²) in [7, 11) is 0. The van der Waals surface area contributed by atoms with Gasteiger partial charge in [0.25, 0.3) is 0 Å². The predicted molar refractivity (Wildman–Crippen MR) is 61.5 cm³/mol. The SMILES string of the molecule is Cc1csc(/C=C2/CCCNCC2)n1. The van der Waals surface area contributed by atoms with Crippen molar-refractivity contribution in [2.75, 3.05) is 13.1 Å². The Morgan fingerprint density at radius 1 is 1.43 bits per heavy atom. The zero-order valence-corrected chi connectivity index (χ0v) is 9.36. The largest absolute Gasteiger partial charge is 0.316 e. The predicted octanol–water partition coefficient (Wildman–Crippen LogP) is 2.61. The molecule has 3 heteroatoms. The van der Waals surface area contributed by atoms with E-state index in [0.29, 0.717) is 0 Å². The smallest absolute Gasteiger partial charge is 0.116 e. The first-order valence-corrected chi connectivity index (χ1v) is 6.05. The minimum atomic E-state index is 1.12. The maximum atomic E-state index is 4.46. The fourth-order valence-corrected chi connectivity index (χ4v) is 2.47. The molecule has 1 fully saturated rings. The van der Waals surface area contributed by atoms with Gasteiger partial charge in [0.2, 0.25) is 0 Å². The molecule has 1 aliphatic heterocycles. The molecule has 1 aromatic heterocycles. The summed E-state index contributed by atoms with van der Waals surface area (Å²) in [5.41, 5.74) is 2.68. The number of nitrogens with one attached hydrogen (secondary N) is 1. The zero-order chi connectivity index (χ0) is 9.80. The minimum Gasteiger partial charge on any atom is -0.316 e. The van der Waals surface area contributed by atoms with Crippen molar-refractivity contribution in [3.05, 3.63) is 21.7 Å². The van der Waals surface area contributed by atoms with Gasteiger partial charge in [-0.25, -0.2) is 4.98 Å². The third-order valence-electron chi connectivity index (χ3n) is 2.44. The number of thiazole rings is 1. The van der Waals surface area contributed by atoms with Gasteiger partial charge in [-0.1, -0.05) is 5.57 Å². The molecule has 1 saturated heterocycles. The van der Waals surface area contributed by atoms with Crippen molar-refractivity contribution in [2.24, 2.45) is 0 Å². The molecule has 1 N–H and O–H groups in total. The quantitative estimate of drug-likeness (QED) is 0.767. The molecule has 2 nitrogen and oxygen atoms in total. The third-order valence-corrected chi connectivity index (χ3v) is 3.35. The highest BCUT2D eigenvalue weighted by atomic mass is 32.1. The summed E-state index contributed by atoms with van der Waals surface area (Å²) in [4.78, 5) is 4.46. The molecular formula is C11H16N2S.